The van der Waals surface area contributed by atoms with E-state index in [0.717, 1.165) is 42.6 Å². The lowest BCUT2D eigenvalue weighted by Crippen LogP contribution is -2.38. The number of fused-ring (bicyclic) bond motifs is 1. The fourth-order valence-corrected chi connectivity index (χ4v) is 3.16. The first-order valence-electron chi connectivity index (χ1n) is 7.03. The average Bonchev–Trinajstić information content (AvgIpc) is 2.61. The van der Waals surface area contributed by atoms with Gasteiger partial charge in [0.25, 0.3) is 0 Å². The summed E-state index contributed by atoms with van der Waals surface area (Å²) >= 11 is 6.16. The minimum Gasteiger partial charge on any atom is -0.351 e. The molecule has 4 nitrogen and oxygen atoms in total. The number of benzene rings is 1. The highest BCUT2D eigenvalue weighted by atomic mass is 35.5. The van der Waals surface area contributed by atoms with Crippen molar-refractivity contribution >= 4 is 28.2 Å². The maximum absolute atomic E-state index is 6.16. The molecule has 0 amide bonds. The van der Waals surface area contributed by atoms with Crippen LogP contribution in [0.4, 0.5) is 5.82 Å². The molecule has 1 fully saturated rings. The molecule has 0 N–H and O–H groups in total. The monoisotopic (exact) mass is 290 g/mol. The quantitative estimate of drug-likeness (QED) is 0.808. The van der Waals surface area contributed by atoms with Crippen molar-refractivity contribution in [2.75, 3.05) is 31.6 Å². The molecular weight excluding hydrogens is 272 g/mol. The maximum atomic E-state index is 6.16. The Morgan fingerprint density at radius 1 is 1.15 bits per heavy atom. The Morgan fingerprint density at radius 3 is 2.70 bits per heavy atom. The Bertz CT molecular complexity index is 616. The highest BCUT2D eigenvalue weighted by Crippen LogP contribution is 2.29. The molecule has 0 radical (unpaired) electrons. The molecule has 1 aliphatic heterocycles. The molecule has 0 spiro atoms. The van der Waals surface area contributed by atoms with Crippen molar-refractivity contribution < 1.29 is 0 Å². The molecule has 2 heterocycles. The summed E-state index contributed by atoms with van der Waals surface area (Å²) in [5, 5.41) is 11.0. The van der Waals surface area contributed by atoms with Crippen molar-refractivity contribution in [2.45, 2.75) is 19.4 Å². The first-order chi connectivity index (χ1) is 9.66. The van der Waals surface area contributed by atoms with Crippen molar-refractivity contribution in [3.8, 4) is 0 Å². The molecule has 5 heteroatoms. The average molecular weight is 291 g/mol. The van der Waals surface area contributed by atoms with Crippen LogP contribution in [0.25, 0.3) is 10.8 Å². The molecule has 1 saturated heterocycles. The Balaban J connectivity index is 2.07. The Labute approximate surface area is 124 Å². The van der Waals surface area contributed by atoms with E-state index in [2.05, 4.69) is 40.0 Å². The van der Waals surface area contributed by atoms with E-state index < -0.39 is 0 Å². The van der Waals surface area contributed by atoms with Gasteiger partial charge in [-0.1, -0.05) is 35.9 Å². The number of rotatable bonds is 1. The number of likely N-dealkylation sites (N-methyl/N-ethyl adjacent to an activating group) is 1. The molecule has 1 unspecified atom stereocenters. The van der Waals surface area contributed by atoms with Gasteiger partial charge in [-0.25, -0.2) is 0 Å². The predicted octanol–water partition coefficient (Wildman–Crippen LogP) is 2.81. The van der Waals surface area contributed by atoms with Gasteiger partial charge in [0.2, 0.25) is 0 Å². The van der Waals surface area contributed by atoms with Crippen molar-refractivity contribution in [1.29, 1.82) is 0 Å². The summed E-state index contributed by atoms with van der Waals surface area (Å²) in [4.78, 5) is 4.73. The van der Waals surface area contributed by atoms with Gasteiger partial charge in [0.1, 0.15) is 0 Å². The molecular formula is C15H19ClN4. The van der Waals surface area contributed by atoms with Gasteiger partial charge < -0.3 is 9.80 Å². The lowest BCUT2D eigenvalue weighted by Gasteiger charge is -2.29. The van der Waals surface area contributed by atoms with Gasteiger partial charge in [-0.15, -0.1) is 10.2 Å². The predicted molar refractivity (Wildman–Crippen MR) is 83.5 cm³/mol. The number of anilines is 1. The van der Waals surface area contributed by atoms with Crippen LogP contribution < -0.4 is 4.90 Å². The molecule has 0 saturated carbocycles. The van der Waals surface area contributed by atoms with Crippen LogP contribution >= 0.6 is 11.6 Å². The summed E-state index contributed by atoms with van der Waals surface area (Å²) in [7, 11) is 2.17. The first-order valence-corrected chi connectivity index (χ1v) is 7.40. The standard InChI is InChI=1S/C15H19ClN4/c1-11-10-19(2)8-5-9-20(11)15-13-7-4-3-6-12(13)14(16)17-18-15/h3-4,6-7,11H,5,8-10H2,1-2H3. The van der Waals surface area contributed by atoms with Gasteiger partial charge in [0, 0.05) is 29.9 Å². The van der Waals surface area contributed by atoms with E-state index >= 15 is 0 Å². The SMILES string of the molecule is CC1CN(C)CCCN1c1nnc(Cl)c2ccccc12. The summed E-state index contributed by atoms with van der Waals surface area (Å²) in [6, 6.07) is 8.51. The highest BCUT2D eigenvalue weighted by Gasteiger charge is 2.23. The topological polar surface area (TPSA) is 32.3 Å². The third-order valence-electron chi connectivity index (χ3n) is 3.94. The number of hydrogen-bond acceptors (Lipinski definition) is 4. The zero-order chi connectivity index (χ0) is 14.1. The smallest absolute Gasteiger partial charge is 0.159 e. The van der Waals surface area contributed by atoms with Crippen molar-refractivity contribution in [1.82, 2.24) is 15.1 Å². The third-order valence-corrected chi connectivity index (χ3v) is 4.22. The first kappa shape index (κ1) is 13.6. The van der Waals surface area contributed by atoms with Gasteiger partial charge in [0.15, 0.2) is 11.0 Å². The van der Waals surface area contributed by atoms with Crippen molar-refractivity contribution in [3.63, 3.8) is 0 Å². The highest BCUT2D eigenvalue weighted by molar-refractivity contribution is 6.34. The molecule has 1 aliphatic rings. The zero-order valence-electron chi connectivity index (χ0n) is 11.9. The molecule has 1 aromatic carbocycles. The van der Waals surface area contributed by atoms with Gasteiger partial charge in [-0.2, -0.15) is 0 Å². The Hall–Kier alpha value is -1.39. The van der Waals surface area contributed by atoms with Crippen LogP contribution in [0.2, 0.25) is 5.15 Å². The van der Waals surface area contributed by atoms with Crippen LogP contribution in [0.15, 0.2) is 24.3 Å². The van der Waals surface area contributed by atoms with Crippen LogP contribution in [0.5, 0.6) is 0 Å². The molecule has 20 heavy (non-hydrogen) atoms. The lowest BCUT2D eigenvalue weighted by atomic mass is 10.1. The second-order valence-corrected chi connectivity index (χ2v) is 5.88. The van der Waals surface area contributed by atoms with E-state index in [1.54, 1.807) is 0 Å². The zero-order valence-corrected chi connectivity index (χ0v) is 12.6. The normalized spacial score (nSPS) is 21.1. The van der Waals surface area contributed by atoms with E-state index in [1.165, 1.54) is 0 Å². The van der Waals surface area contributed by atoms with E-state index in [4.69, 9.17) is 11.6 Å². The van der Waals surface area contributed by atoms with Gasteiger partial charge in [-0.05, 0) is 26.9 Å². The van der Waals surface area contributed by atoms with Crippen molar-refractivity contribution in [2.24, 2.45) is 0 Å². The minimum absolute atomic E-state index is 0.418. The molecule has 3 rings (SSSR count). The Morgan fingerprint density at radius 2 is 1.90 bits per heavy atom. The van der Waals surface area contributed by atoms with Crippen LogP contribution in [-0.4, -0.2) is 47.8 Å². The van der Waals surface area contributed by atoms with E-state index in [0.29, 0.717) is 11.2 Å². The van der Waals surface area contributed by atoms with E-state index in [9.17, 15) is 0 Å². The van der Waals surface area contributed by atoms with Crippen molar-refractivity contribution in [3.05, 3.63) is 29.4 Å². The third kappa shape index (κ3) is 2.45. The number of halogens is 1. The number of hydrogen-bond donors (Lipinski definition) is 0. The molecule has 2 aromatic rings. The summed E-state index contributed by atoms with van der Waals surface area (Å²) in [6.45, 7) is 5.41. The van der Waals surface area contributed by atoms with Gasteiger partial charge >= 0.3 is 0 Å². The fraction of sp³-hybridized carbons (Fsp3) is 0.467. The van der Waals surface area contributed by atoms with Crippen LogP contribution in [0.1, 0.15) is 13.3 Å². The maximum Gasteiger partial charge on any atom is 0.159 e. The summed E-state index contributed by atoms with van der Waals surface area (Å²) < 4.78 is 0. The molecule has 1 aromatic heterocycles. The summed E-state index contributed by atoms with van der Waals surface area (Å²) in [5.74, 6) is 0.952. The van der Waals surface area contributed by atoms with E-state index in [-0.39, 0.29) is 0 Å². The van der Waals surface area contributed by atoms with E-state index in [1.807, 2.05) is 18.2 Å². The number of aromatic nitrogens is 2. The molecule has 0 bridgehead atoms. The summed E-state index contributed by atoms with van der Waals surface area (Å²) in [6.07, 6.45) is 1.14. The lowest BCUT2D eigenvalue weighted by molar-refractivity contribution is 0.337. The van der Waals surface area contributed by atoms with Crippen LogP contribution in [-0.2, 0) is 0 Å². The minimum atomic E-state index is 0.418. The van der Waals surface area contributed by atoms with Gasteiger partial charge in [0.05, 0.1) is 0 Å². The van der Waals surface area contributed by atoms with Gasteiger partial charge in [-0.3, -0.25) is 0 Å². The number of nitrogens with zero attached hydrogens (tertiary/aromatic N) is 4. The Kier molecular flexibility index (Phi) is 3.76. The molecule has 0 aliphatic carbocycles. The van der Waals surface area contributed by atoms with Crippen LogP contribution in [0, 0.1) is 0 Å². The fourth-order valence-electron chi connectivity index (χ4n) is 2.96. The van der Waals surface area contributed by atoms with Crippen LogP contribution in [0.3, 0.4) is 0 Å². The summed E-state index contributed by atoms with van der Waals surface area (Å²) in [5.41, 5.74) is 0. The second kappa shape index (κ2) is 5.54. The molecule has 1 atom stereocenters. The molecule has 106 valence electrons. The second-order valence-electron chi connectivity index (χ2n) is 5.52. The largest absolute Gasteiger partial charge is 0.351 e.